The highest BCUT2D eigenvalue weighted by molar-refractivity contribution is 5.55. The molecule has 0 saturated carbocycles. The molecule has 2 aromatic carbocycles. The fourth-order valence-corrected chi connectivity index (χ4v) is 2.15. The fraction of sp³-hybridized carbons (Fsp3) is 0.111. The highest BCUT2D eigenvalue weighted by atomic mass is 19.1. The first-order valence-electron chi connectivity index (χ1n) is 7.46. The van der Waals surface area contributed by atoms with Crippen molar-refractivity contribution in [2.45, 2.75) is 6.54 Å². The minimum atomic E-state index is -0.240. The largest absolute Gasteiger partial charge is 0.497 e. The van der Waals surface area contributed by atoms with E-state index in [0.29, 0.717) is 23.9 Å². The lowest BCUT2D eigenvalue weighted by Gasteiger charge is -2.09. The van der Waals surface area contributed by atoms with Crippen LogP contribution in [0.15, 0.2) is 60.8 Å². The summed E-state index contributed by atoms with van der Waals surface area (Å²) in [7, 11) is 1.62. The Morgan fingerprint density at radius 3 is 2.58 bits per heavy atom. The number of hydrogen-bond donors (Lipinski definition) is 2. The molecule has 0 aliphatic heterocycles. The second kappa shape index (κ2) is 7.41. The van der Waals surface area contributed by atoms with E-state index in [1.165, 1.54) is 6.07 Å². The van der Waals surface area contributed by atoms with Gasteiger partial charge < -0.3 is 15.4 Å². The number of aromatic nitrogens is 2. The zero-order valence-corrected chi connectivity index (χ0v) is 13.2. The Labute approximate surface area is 139 Å². The number of nitrogens with one attached hydrogen (secondary N) is 2. The van der Waals surface area contributed by atoms with Gasteiger partial charge in [0.25, 0.3) is 0 Å². The normalized spacial score (nSPS) is 10.2. The van der Waals surface area contributed by atoms with Gasteiger partial charge in [0.1, 0.15) is 17.4 Å². The van der Waals surface area contributed by atoms with Crippen molar-refractivity contribution >= 4 is 17.5 Å². The van der Waals surface area contributed by atoms with E-state index in [1.807, 2.05) is 24.3 Å². The summed E-state index contributed by atoms with van der Waals surface area (Å²) >= 11 is 0. The van der Waals surface area contributed by atoms with Crippen LogP contribution in [0.3, 0.4) is 0 Å². The van der Waals surface area contributed by atoms with Gasteiger partial charge in [-0.2, -0.15) is 4.98 Å². The van der Waals surface area contributed by atoms with Crippen LogP contribution in [0.5, 0.6) is 5.75 Å². The van der Waals surface area contributed by atoms with Crippen molar-refractivity contribution in [2.75, 3.05) is 17.7 Å². The van der Waals surface area contributed by atoms with Gasteiger partial charge in [0, 0.05) is 24.0 Å². The van der Waals surface area contributed by atoms with E-state index in [-0.39, 0.29) is 5.82 Å². The Balaban J connectivity index is 1.66. The van der Waals surface area contributed by atoms with E-state index in [0.717, 1.165) is 11.4 Å². The van der Waals surface area contributed by atoms with E-state index < -0.39 is 0 Å². The Bertz CT molecular complexity index is 808. The number of halogens is 1. The molecule has 1 heterocycles. The maximum absolute atomic E-state index is 13.6. The zero-order chi connectivity index (χ0) is 16.8. The second-order valence-corrected chi connectivity index (χ2v) is 5.06. The number of nitrogens with zero attached hydrogens (tertiary/aromatic N) is 2. The van der Waals surface area contributed by atoms with Crippen LogP contribution in [-0.4, -0.2) is 17.1 Å². The van der Waals surface area contributed by atoms with Crippen molar-refractivity contribution in [3.63, 3.8) is 0 Å². The highest BCUT2D eigenvalue weighted by Gasteiger charge is 2.03. The van der Waals surface area contributed by atoms with Gasteiger partial charge in [-0.15, -0.1) is 0 Å². The summed E-state index contributed by atoms with van der Waals surface area (Å²) in [4.78, 5) is 8.55. The first-order valence-corrected chi connectivity index (χ1v) is 7.46. The van der Waals surface area contributed by atoms with Crippen LogP contribution in [0.2, 0.25) is 0 Å². The third-order valence-electron chi connectivity index (χ3n) is 3.42. The predicted molar refractivity (Wildman–Crippen MR) is 92.0 cm³/mol. The topological polar surface area (TPSA) is 59.1 Å². The van der Waals surface area contributed by atoms with Crippen LogP contribution < -0.4 is 15.4 Å². The maximum atomic E-state index is 13.6. The van der Waals surface area contributed by atoms with Gasteiger partial charge in [0.15, 0.2) is 0 Å². The minimum Gasteiger partial charge on any atom is -0.497 e. The van der Waals surface area contributed by atoms with Crippen LogP contribution >= 0.6 is 0 Å². The zero-order valence-electron chi connectivity index (χ0n) is 13.2. The van der Waals surface area contributed by atoms with E-state index in [4.69, 9.17) is 4.74 Å². The lowest BCUT2D eigenvalue weighted by molar-refractivity contribution is 0.415. The average Bonchev–Trinajstić information content (AvgIpc) is 2.62. The summed E-state index contributed by atoms with van der Waals surface area (Å²) in [6, 6.07) is 15.8. The molecule has 0 aliphatic carbocycles. The third-order valence-corrected chi connectivity index (χ3v) is 3.42. The number of methoxy groups -OCH3 is 1. The molecule has 1 aromatic heterocycles. The molecule has 6 heteroatoms. The molecule has 0 radical (unpaired) electrons. The van der Waals surface area contributed by atoms with Crippen LogP contribution in [0.1, 0.15) is 5.56 Å². The van der Waals surface area contributed by atoms with Crippen LogP contribution in [-0.2, 0) is 6.54 Å². The van der Waals surface area contributed by atoms with Gasteiger partial charge in [-0.05, 0) is 36.4 Å². The van der Waals surface area contributed by atoms with Crippen LogP contribution in [0.4, 0.5) is 21.8 Å². The van der Waals surface area contributed by atoms with Crippen LogP contribution in [0, 0.1) is 5.82 Å². The summed E-state index contributed by atoms with van der Waals surface area (Å²) in [6.07, 6.45) is 1.64. The quantitative estimate of drug-likeness (QED) is 0.718. The average molecular weight is 324 g/mol. The highest BCUT2D eigenvalue weighted by Crippen LogP contribution is 2.18. The Morgan fingerprint density at radius 1 is 1.04 bits per heavy atom. The van der Waals surface area contributed by atoms with Gasteiger partial charge in [-0.3, -0.25) is 0 Å². The standard InChI is InChI=1S/C18H17FN4O/c1-24-15-8-6-14(7-9-15)22-18-20-11-10-17(23-18)21-12-13-4-2-3-5-16(13)19/h2-11H,12H2,1H3,(H2,20,21,22,23). The van der Waals surface area contributed by atoms with Crippen molar-refractivity contribution in [3.8, 4) is 5.75 Å². The molecular formula is C18H17FN4O. The van der Waals surface area contributed by atoms with Gasteiger partial charge in [0.2, 0.25) is 5.95 Å². The SMILES string of the molecule is COc1ccc(Nc2nccc(NCc3ccccc3F)n2)cc1. The van der Waals surface area contributed by atoms with Crippen molar-refractivity contribution in [2.24, 2.45) is 0 Å². The second-order valence-electron chi connectivity index (χ2n) is 5.06. The molecule has 0 unspecified atom stereocenters. The molecular weight excluding hydrogens is 307 g/mol. The molecule has 0 atom stereocenters. The summed E-state index contributed by atoms with van der Waals surface area (Å²) in [5.41, 5.74) is 1.43. The van der Waals surface area contributed by atoms with Crippen molar-refractivity contribution in [1.29, 1.82) is 0 Å². The van der Waals surface area contributed by atoms with Crippen molar-refractivity contribution in [1.82, 2.24) is 9.97 Å². The molecule has 0 aliphatic rings. The molecule has 0 spiro atoms. The summed E-state index contributed by atoms with van der Waals surface area (Å²) < 4.78 is 18.7. The molecule has 3 rings (SSSR count). The molecule has 5 nitrogen and oxygen atoms in total. The lowest BCUT2D eigenvalue weighted by atomic mass is 10.2. The molecule has 2 N–H and O–H groups in total. The smallest absolute Gasteiger partial charge is 0.229 e. The number of anilines is 3. The number of hydrogen-bond acceptors (Lipinski definition) is 5. The maximum Gasteiger partial charge on any atom is 0.229 e. The molecule has 0 saturated heterocycles. The summed E-state index contributed by atoms with van der Waals surface area (Å²) in [5, 5.41) is 6.21. The molecule has 0 bridgehead atoms. The van der Waals surface area contributed by atoms with E-state index in [2.05, 4.69) is 20.6 Å². The first-order chi connectivity index (χ1) is 11.7. The molecule has 0 amide bonds. The monoisotopic (exact) mass is 324 g/mol. The van der Waals surface area contributed by atoms with E-state index in [1.54, 1.807) is 37.6 Å². The lowest BCUT2D eigenvalue weighted by Crippen LogP contribution is -2.05. The Hall–Kier alpha value is -3.15. The third kappa shape index (κ3) is 3.98. The Kier molecular flexibility index (Phi) is 4.86. The number of ether oxygens (including phenoxy) is 1. The van der Waals surface area contributed by atoms with Gasteiger partial charge in [-0.25, -0.2) is 9.37 Å². The van der Waals surface area contributed by atoms with Gasteiger partial charge >= 0.3 is 0 Å². The predicted octanol–water partition coefficient (Wildman–Crippen LogP) is 3.98. The molecule has 24 heavy (non-hydrogen) atoms. The van der Waals surface area contributed by atoms with E-state index >= 15 is 0 Å². The number of benzene rings is 2. The summed E-state index contributed by atoms with van der Waals surface area (Å²) in [6.45, 7) is 0.353. The number of rotatable bonds is 6. The fourth-order valence-electron chi connectivity index (χ4n) is 2.15. The van der Waals surface area contributed by atoms with Gasteiger partial charge in [0.05, 0.1) is 7.11 Å². The molecule has 3 aromatic rings. The molecule has 122 valence electrons. The van der Waals surface area contributed by atoms with E-state index in [9.17, 15) is 4.39 Å². The van der Waals surface area contributed by atoms with Crippen LogP contribution in [0.25, 0.3) is 0 Å². The van der Waals surface area contributed by atoms with Gasteiger partial charge in [-0.1, -0.05) is 18.2 Å². The molecule has 0 fully saturated rings. The minimum absolute atomic E-state index is 0.240. The first kappa shape index (κ1) is 15.7. The van der Waals surface area contributed by atoms with Crippen molar-refractivity contribution in [3.05, 3.63) is 72.2 Å². The summed E-state index contributed by atoms with van der Waals surface area (Å²) in [5.74, 6) is 1.61. The Morgan fingerprint density at radius 2 is 1.83 bits per heavy atom. The van der Waals surface area contributed by atoms with Crippen molar-refractivity contribution < 1.29 is 9.13 Å².